The van der Waals surface area contributed by atoms with E-state index in [1.165, 1.54) is 12.1 Å². The van der Waals surface area contributed by atoms with E-state index in [1.54, 1.807) is 35.2 Å². The van der Waals surface area contributed by atoms with Crippen molar-refractivity contribution >= 4 is 21.6 Å². The number of halogens is 2. The molecule has 0 radical (unpaired) electrons. The summed E-state index contributed by atoms with van der Waals surface area (Å²) in [5.74, 6) is -0.287. The van der Waals surface area contributed by atoms with Crippen LogP contribution in [0.1, 0.15) is 0 Å². The number of fused-ring (bicyclic) bond motifs is 1. The fraction of sp³-hybridized carbons (Fsp3) is 0. The minimum absolute atomic E-state index is 0.287. The summed E-state index contributed by atoms with van der Waals surface area (Å²) in [6, 6.07) is 9.99. The molecule has 0 saturated heterocycles. The topological polar surface area (TPSA) is 56.0 Å². The molecule has 0 aliphatic heterocycles. The van der Waals surface area contributed by atoms with Crippen molar-refractivity contribution in [3.05, 3.63) is 65.4 Å². The summed E-state index contributed by atoms with van der Waals surface area (Å²) >= 11 is 3.38. The Bertz CT molecular complexity index is 997. The van der Waals surface area contributed by atoms with Crippen molar-refractivity contribution in [3.63, 3.8) is 0 Å². The van der Waals surface area contributed by atoms with Crippen LogP contribution in [0.25, 0.3) is 28.0 Å². The van der Waals surface area contributed by atoms with Crippen LogP contribution in [-0.2, 0) is 0 Å². The minimum Gasteiger partial charge on any atom is -0.249 e. The fourth-order valence-corrected chi connectivity index (χ4v) is 2.80. The highest BCUT2D eigenvalue weighted by molar-refractivity contribution is 9.10. The second kappa shape index (κ2) is 5.51. The molecule has 7 heteroatoms. The maximum absolute atomic E-state index is 13.2. The molecule has 0 amide bonds. The Morgan fingerprint density at radius 1 is 1.00 bits per heavy atom. The van der Waals surface area contributed by atoms with Crippen LogP contribution in [0.5, 0.6) is 0 Å². The number of rotatable bonds is 2. The van der Waals surface area contributed by atoms with Gasteiger partial charge in [0.25, 0.3) is 0 Å². The molecule has 5 nitrogen and oxygen atoms in total. The van der Waals surface area contributed by atoms with Gasteiger partial charge in [-0.3, -0.25) is 0 Å². The maximum Gasteiger partial charge on any atom is 0.185 e. The van der Waals surface area contributed by atoms with E-state index in [0.29, 0.717) is 15.9 Å². The first-order chi connectivity index (χ1) is 11.2. The molecule has 0 spiro atoms. The second-order valence-electron chi connectivity index (χ2n) is 4.88. The molecule has 0 N–H and O–H groups in total. The molecule has 23 heavy (non-hydrogen) atoms. The highest BCUT2D eigenvalue weighted by atomic mass is 79.9. The molecule has 0 unspecified atom stereocenters. The van der Waals surface area contributed by atoms with Crippen LogP contribution in [-0.4, -0.2) is 24.8 Å². The molecule has 1 aromatic carbocycles. The molecule has 3 heterocycles. The predicted molar refractivity (Wildman–Crippen MR) is 87.1 cm³/mol. The summed E-state index contributed by atoms with van der Waals surface area (Å²) < 4.78 is 15.6. The summed E-state index contributed by atoms with van der Waals surface area (Å²) in [5, 5.41) is 12.7. The van der Waals surface area contributed by atoms with E-state index < -0.39 is 0 Å². The lowest BCUT2D eigenvalue weighted by atomic mass is 10.0. The predicted octanol–water partition coefficient (Wildman–Crippen LogP) is 3.75. The Morgan fingerprint density at radius 2 is 1.83 bits per heavy atom. The molecular formula is C16H9BrFN5. The Labute approximate surface area is 139 Å². The maximum atomic E-state index is 13.2. The molecule has 0 saturated carbocycles. The van der Waals surface area contributed by atoms with Crippen molar-refractivity contribution in [1.82, 2.24) is 24.8 Å². The van der Waals surface area contributed by atoms with Crippen LogP contribution >= 0.6 is 15.9 Å². The molecule has 4 rings (SSSR count). The smallest absolute Gasteiger partial charge is 0.185 e. The number of nitrogens with zero attached hydrogens (tertiary/aromatic N) is 5. The number of aromatic nitrogens is 5. The van der Waals surface area contributed by atoms with E-state index in [1.807, 2.05) is 12.1 Å². The first kappa shape index (κ1) is 14.0. The molecular weight excluding hydrogens is 361 g/mol. The Hall–Kier alpha value is -2.67. The molecule has 0 bridgehead atoms. The van der Waals surface area contributed by atoms with Gasteiger partial charge in [0.05, 0.1) is 18.0 Å². The summed E-state index contributed by atoms with van der Waals surface area (Å²) in [5.41, 5.74) is 3.88. The zero-order valence-corrected chi connectivity index (χ0v) is 13.3. The Kier molecular flexibility index (Phi) is 3.34. The highest BCUT2D eigenvalue weighted by Crippen LogP contribution is 2.34. The first-order valence-electron chi connectivity index (χ1n) is 6.80. The van der Waals surface area contributed by atoms with Gasteiger partial charge in [0, 0.05) is 11.8 Å². The lowest BCUT2D eigenvalue weighted by Gasteiger charge is -2.03. The van der Waals surface area contributed by atoms with E-state index in [9.17, 15) is 4.39 Å². The standard InChI is InChI=1S/C16H9BrFN5/c17-13-9-11(5-6-19-13)14-15(10-1-3-12(18)4-2-10)22-23-8-7-20-21-16(14)23/h1-9H. The summed E-state index contributed by atoms with van der Waals surface area (Å²) in [6.07, 6.45) is 5.00. The van der Waals surface area contributed by atoms with Crippen molar-refractivity contribution in [2.24, 2.45) is 0 Å². The third-order valence-corrected chi connectivity index (χ3v) is 3.88. The minimum atomic E-state index is -0.287. The van der Waals surface area contributed by atoms with E-state index in [-0.39, 0.29) is 5.82 Å². The number of benzene rings is 1. The van der Waals surface area contributed by atoms with E-state index >= 15 is 0 Å². The van der Waals surface area contributed by atoms with Crippen LogP contribution < -0.4 is 0 Å². The van der Waals surface area contributed by atoms with E-state index in [4.69, 9.17) is 0 Å². The molecule has 3 aromatic heterocycles. The van der Waals surface area contributed by atoms with Gasteiger partial charge in [0.2, 0.25) is 0 Å². The quantitative estimate of drug-likeness (QED) is 0.505. The number of pyridine rings is 1. The van der Waals surface area contributed by atoms with Crippen LogP contribution in [0, 0.1) is 5.82 Å². The Balaban J connectivity index is 2.04. The van der Waals surface area contributed by atoms with Crippen LogP contribution in [0.4, 0.5) is 4.39 Å². The van der Waals surface area contributed by atoms with Gasteiger partial charge < -0.3 is 0 Å². The third kappa shape index (κ3) is 2.49. The van der Waals surface area contributed by atoms with Crippen LogP contribution in [0.2, 0.25) is 0 Å². The van der Waals surface area contributed by atoms with Crippen molar-refractivity contribution in [2.45, 2.75) is 0 Å². The van der Waals surface area contributed by atoms with Gasteiger partial charge in [-0.05, 0) is 57.9 Å². The fourth-order valence-electron chi connectivity index (χ4n) is 2.44. The van der Waals surface area contributed by atoms with Gasteiger partial charge in [0.1, 0.15) is 16.1 Å². The summed E-state index contributed by atoms with van der Waals surface area (Å²) in [7, 11) is 0. The molecule has 0 atom stereocenters. The normalized spacial score (nSPS) is 11.0. The number of hydrogen-bond donors (Lipinski definition) is 0. The van der Waals surface area contributed by atoms with Crippen molar-refractivity contribution < 1.29 is 4.39 Å². The van der Waals surface area contributed by atoms with E-state index in [0.717, 1.165) is 16.7 Å². The molecule has 0 aliphatic carbocycles. The third-order valence-electron chi connectivity index (χ3n) is 3.45. The van der Waals surface area contributed by atoms with Crippen molar-refractivity contribution in [2.75, 3.05) is 0 Å². The second-order valence-corrected chi connectivity index (χ2v) is 5.69. The molecule has 0 fully saturated rings. The van der Waals surface area contributed by atoms with Gasteiger partial charge in [-0.15, -0.1) is 5.10 Å². The van der Waals surface area contributed by atoms with Gasteiger partial charge in [-0.1, -0.05) is 0 Å². The van der Waals surface area contributed by atoms with Gasteiger partial charge in [-0.2, -0.15) is 10.2 Å². The lowest BCUT2D eigenvalue weighted by Crippen LogP contribution is -1.91. The average Bonchev–Trinajstić information content (AvgIpc) is 2.95. The zero-order chi connectivity index (χ0) is 15.8. The average molecular weight is 370 g/mol. The first-order valence-corrected chi connectivity index (χ1v) is 7.59. The van der Waals surface area contributed by atoms with Crippen molar-refractivity contribution in [1.29, 1.82) is 0 Å². The summed E-state index contributed by atoms with van der Waals surface area (Å²) in [6.45, 7) is 0. The van der Waals surface area contributed by atoms with E-state index in [2.05, 4.69) is 36.2 Å². The molecule has 0 aliphatic rings. The van der Waals surface area contributed by atoms with Crippen LogP contribution in [0.3, 0.4) is 0 Å². The largest absolute Gasteiger partial charge is 0.249 e. The van der Waals surface area contributed by atoms with Gasteiger partial charge in [-0.25, -0.2) is 13.9 Å². The highest BCUT2D eigenvalue weighted by Gasteiger charge is 2.18. The van der Waals surface area contributed by atoms with Crippen LogP contribution in [0.15, 0.2) is 59.6 Å². The lowest BCUT2D eigenvalue weighted by molar-refractivity contribution is 0.628. The molecule has 112 valence electrons. The molecule has 4 aromatic rings. The monoisotopic (exact) mass is 369 g/mol. The summed E-state index contributed by atoms with van der Waals surface area (Å²) in [4.78, 5) is 4.15. The van der Waals surface area contributed by atoms with Gasteiger partial charge >= 0.3 is 0 Å². The zero-order valence-electron chi connectivity index (χ0n) is 11.7. The van der Waals surface area contributed by atoms with Gasteiger partial charge in [0.15, 0.2) is 5.65 Å². The van der Waals surface area contributed by atoms with Crippen molar-refractivity contribution in [3.8, 4) is 22.4 Å². The SMILES string of the molecule is Fc1ccc(-c2nn3ccnnc3c2-c2ccnc(Br)c2)cc1. The number of hydrogen-bond acceptors (Lipinski definition) is 4. The Morgan fingerprint density at radius 3 is 2.61 bits per heavy atom.